The maximum Gasteiger partial charge on any atom is 0.213 e. The van der Waals surface area contributed by atoms with Crippen molar-refractivity contribution in [3.8, 4) is 11.6 Å². The van der Waals surface area contributed by atoms with Crippen LogP contribution in [0.5, 0.6) is 11.6 Å². The van der Waals surface area contributed by atoms with E-state index in [4.69, 9.17) is 9.47 Å². The van der Waals surface area contributed by atoms with Gasteiger partial charge in [0.1, 0.15) is 5.75 Å². The molecule has 172 valence electrons. The van der Waals surface area contributed by atoms with Crippen molar-refractivity contribution in [1.82, 2.24) is 20.5 Å². The highest BCUT2D eigenvalue weighted by atomic mass is 16.5. The van der Waals surface area contributed by atoms with E-state index in [1.165, 1.54) is 31.2 Å². The Labute approximate surface area is 191 Å². The molecule has 1 saturated carbocycles. The fraction of sp³-hybridized carbons (Fsp3) is 0.520. The van der Waals surface area contributed by atoms with E-state index in [1.807, 2.05) is 31.4 Å². The summed E-state index contributed by atoms with van der Waals surface area (Å²) in [6, 6.07) is 12.7. The topological polar surface area (TPSA) is 71.0 Å². The van der Waals surface area contributed by atoms with Crippen LogP contribution in [0.25, 0.3) is 0 Å². The van der Waals surface area contributed by atoms with Crippen LogP contribution in [0.15, 0.2) is 47.6 Å². The van der Waals surface area contributed by atoms with Gasteiger partial charge in [-0.05, 0) is 74.0 Å². The largest absolute Gasteiger partial charge is 0.497 e. The summed E-state index contributed by atoms with van der Waals surface area (Å²) in [7, 11) is 3.53. The van der Waals surface area contributed by atoms with Crippen molar-refractivity contribution in [2.45, 2.75) is 38.3 Å². The fourth-order valence-electron chi connectivity index (χ4n) is 4.09. The third-order valence-electron chi connectivity index (χ3n) is 6.17. The van der Waals surface area contributed by atoms with E-state index in [0.717, 1.165) is 49.4 Å². The molecule has 2 heterocycles. The number of nitrogens with zero attached hydrogens (tertiary/aromatic N) is 3. The molecule has 32 heavy (non-hydrogen) atoms. The summed E-state index contributed by atoms with van der Waals surface area (Å²) in [5, 5.41) is 6.95. The number of rotatable bonds is 10. The van der Waals surface area contributed by atoms with Crippen LogP contribution in [0.4, 0.5) is 0 Å². The Kier molecular flexibility index (Phi) is 7.82. The number of methoxy groups -OCH3 is 1. The van der Waals surface area contributed by atoms with Gasteiger partial charge in [-0.25, -0.2) is 4.98 Å². The second-order valence-electron chi connectivity index (χ2n) is 8.60. The van der Waals surface area contributed by atoms with Gasteiger partial charge in [-0.1, -0.05) is 12.1 Å². The first kappa shape index (κ1) is 22.4. The predicted molar refractivity (Wildman–Crippen MR) is 127 cm³/mol. The van der Waals surface area contributed by atoms with E-state index in [1.54, 1.807) is 7.11 Å². The first-order chi connectivity index (χ1) is 15.7. The number of benzene rings is 1. The maximum absolute atomic E-state index is 5.81. The van der Waals surface area contributed by atoms with Crippen molar-refractivity contribution in [3.05, 3.63) is 53.7 Å². The smallest absolute Gasteiger partial charge is 0.213 e. The zero-order valence-corrected chi connectivity index (χ0v) is 19.2. The average Bonchev–Trinajstić information content (AvgIpc) is 3.52. The van der Waals surface area contributed by atoms with Crippen molar-refractivity contribution >= 4 is 5.96 Å². The molecular weight excluding hydrogens is 402 g/mol. The lowest BCUT2D eigenvalue weighted by Gasteiger charge is -2.29. The Balaban J connectivity index is 1.34. The SMILES string of the molecule is CN=C(NCc1ccnc(OCC2CC2)c1)NCC(c1cccc(OC)c1)N1CCCC1. The third kappa shape index (κ3) is 6.36. The molecule has 4 rings (SSSR count). The highest BCUT2D eigenvalue weighted by Crippen LogP contribution is 2.29. The van der Waals surface area contributed by atoms with Crippen molar-refractivity contribution in [2.75, 3.05) is 40.4 Å². The van der Waals surface area contributed by atoms with Crippen LogP contribution in [0.1, 0.15) is 42.9 Å². The Morgan fingerprint density at radius 1 is 1.19 bits per heavy atom. The van der Waals surface area contributed by atoms with Gasteiger partial charge < -0.3 is 20.1 Å². The molecule has 1 aromatic heterocycles. The Hall–Kier alpha value is -2.80. The van der Waals surface area contributed by atoms with Gasteiger partial charge in [0, 0.05) is 32.4 Å². The van der Waals surface area contributed by atoms with Crippen LogP contribution in [0.3, 0.4) is 0 Å². The molecule has 0 bridgehead atoms. The molecule has 1 aromatic carbocycles. The monoisotopic (exact) mass is 437 g/mol. The number of hydrogen-bond acceptors (Lipinski definition) is 5. The number of ether oxygens (including phenoxy) is 2. The number of pyridine rings is 1. The van der Waals surface area contributed by atoms with E-state index in [-0.39, 0.29) is 6.04 Å². The summed E-state index contributed by atoms with van der Waals surface area (Å²) in [4.78, 5) is 11.3. The molecule has 0 radical (unpaired) electrons. The van der Waals surface area contributed by atoms with E-state index >= 15 is 0 Å². The summed E-state index contributed by atoms with van der Waals surface area (Å²) in [5.74, 6) is 3.10. The van der Waals surface area contributed by atoms with Crippen molar-refractivity contribution in [1.29, 1.82) is 0 Å². The van der Waals surface area contributed by atoms with E-state index < -0.39 is 0 Å². The minimum atomic E-state index is 0.273. The normalized spacial score (nSPS) is 17.8. The molecule has 7 nitrogen and oxygen atoms in total. The molecule has 2 aromatic rings. The van der Waals surface area contributed by atoms with E-state index in [2.05, 4.69) is 43.7 Å². The fourth-order valence-corrected chi connectivity index (χ4v) is 4.09. The Bertz CT molecular complexity index is 893. The molecule has 1 aliphatic heterocycles. The van der Waals surface area contributed by atoms with Gasteiger partial charge in [-0.15, -0.1) is 0 Å². The molecule has 0 amide bonds. The lowest BCUT2D eigenvalue weighted by molar-refractivity contribution is 0.245. The van der Waals surface area contributed by atoms with Crippen LogP contribution < -0.4 is 20.1 Å². The quantitative estimate of drug-likeness (QED) is 0.439. The summed E-state index contributed by atoms with van der Waals surface area (Å²) < 4.78 is 11.3. The number of aliphatic imine (C=N–C) groups is 1. The van der Waals surface area contributed by atoms with Crippen LogP contribution in [-0.4, -0.2) is 56.2 Å². The number of hydrogen-bond donors (Lipinski definition) is 2. The second kappa shape index (κ2) is 11.2. The Morgan fingerprint density at radius 2 is 2.03 bits per heavy atom. The first-order valence-corrected chi connectivity index (χ1v) is 11.7. The number of guanidine groups is 1. The van der Waals surface area contributed by atoms with Crippen LogP contribution in [-0.2, 0) is 6.54 Å². The van der Waals surface area contributed by atoms with E-state index in [9.17, 15) is 0 Å². The van der Waals surface area contributed by atoms with E-state index in [0.29, 0.717) is 12.4 Å². The lowest BCUT2D eigenvalue weighted by Crippen LogP contribution is -2.42. The molecule has 2 aliphatic rings. The van der Waals surface area contributed by atoms with Gasteiger partial charge in [0.15, 0.2) is 5.96 Å². The number of nitrogens with one attached hydrogen (secondary N) is 2. The zero-order chi connectivity index (χ0) is 22.2. The van der Waals surface area contributed by atoms with Gasteiger partial charge in [0.05, 0.1) is 19.8 Å². The first-order valence-electron chi connectivity index (χ1n) is 11.7. The van der Waals surface area contributed by atoms with Crippen molar-refractivity contribution in [2.24, 2.45) is 10.9 Å². The highest BCUT2D eigenvalue weighted by Gasteiger charge is 2.24. The van der Waals surface area contributed by atoms with Crippen molar-refractivity contribution in [3.63, 3.8) is 0 Å². The number of aromatic nitrogens is 1. The standard InChI is InChI=1S/C25H35N5O2/c1-26-25(28-16-20-10-11-27-24(14-20)32-18-19-8-9-19)29-17-23(30-12-3-4-13-30)21-6-5-7-22(15-21)31-2/h5-7,10-11,14-15,19,23H,3-4,8-9,12-13,16-18H2,1-2H3,(H2,26,28,29). The van der Waals surface area contributed by atoms with Gasteiger partial charge >= 0.3 is 0 Å². The minimum absolute atomic E-state index is 0.273. The number of likely N-dealkylation sites (tertiary alicyclic amines) is 1. The van der Waals surface area contributed by atoms with Crippen molar-refractivity contribution < 1.29 is 9.47 Å². The average molecular weight is 438 g/mol. The van der Waals surface area contributed by atoms with Crippen LogP contribution in [0.2, 0.25) is 0 Å². The van der Waals surface area contributed by atoms with Gasteiger partial charge in [-0.2, -0.15) is 0 Å². The van der Waals surface area contributed by atoms with Gasteiger partial charge in [0.25, 0.3) is 0 Å². The molecule has 1 saturated heterocycles. The lowest BCUT2D eigenvalue weighted by atomic mass is 10.1. The molecule has 7 heteroatoms. The van der Waals surface area contributed by atoms with Crippen LogP contribution >= 0.6 is 0 Å². The highest BCUT2D eigenvalue weighted by molar-refractivity contribution is 5.79. The molecule has 2 N–H and O–H groups in total. The van der Waals surface area contributed by atoms with Crippen LogP contribution in [0, 0.1) is 5.92 Å². The second-order valence-corrected chi connectivity index (χ2v) is 8.60. The summed E-state index contributed by atoms with van der Waals surface area (Å²) in [6.07, 6.45) is 6.86. The zero-order valence-electron chi connectivity index (χ0n) is 19.2. The molecular formula is C25H35N5O2. The molecule has 1 unspecified atom stereocenters. The van der Waals surface area contributed by atoms with Gasteiger partial charge in [-0.3, -0.25) is 9.89 Å². The third-order valence-corrected chi connectivity index (χ3v) is 6.17. The molecule has 1 aliphatic carbocycles. The molecule has 1 atom stereocenters. The van der Waals surface area contributed by atoms with Gasteiger partial charge in [0.2, 0.25) is 5.88 Å². The Morgan fingerprint density at radius 3 is 2.78 bits per heavy atom. The summed E-state index contributed by atoms with van der Waals surface area (Å²) in [6.45, 7) is 4.45. The summed E-state index contributed by atoms with van der Waals surface area (Å²) >= 11 is 0. The minimum Gasteiger partial charge on any atom is -0.497 e. The summed E-state index contributed by atoms with van der Waals surface area (Å²) in [5.41, 5.74) is 2.39. The maximum atomic E-state index is 5.81. The molecule has 0 spiro atoms. The molecule has 2 fully saturated rings. The predicted octanol–water partition coefficient (Wildman–Crippen LogP) is 3.38.